The number of carbonyl (C=O) groups is 1. The SMILES string of the molecule is Cc1ccc(C(=O)NC2(CO)CCC(C)CC2)c(F)c1. The standard InChI is InChI=1S/C16H22FNO2/c1-11-5-7-16(10-19,8-6-11)18-15(20)13-4-3-12(2)9-14(13)17/h3-4,9,11,19H,5-8,10H2,1-2H3,(H,18,20). The second-order valence-corrected chi connectivity index (χ2v) is 6.06. The Labute approximate surface area is 119 Å². The maximum absolute atomic E-state index is 13.8. The Morgan fingerprint density at radius 3 is 2.65 bits per heavy atom. The predicted molar refractivity (Wildman–Crippen MR) is 76.1 cm³/mol. The van der Waals surface area contributed by atoms with E-state index in [9.17, 15) is 14.3 Å². The fourth-order valence-electron chi connectivity index (χ4n) is 2.75. The van der Waals surface area contributed by atoms with Crippen LogP contribution in [0.25, 0.3) is 0 Å². The molecule has 2 rings (SSSR count). The molecule has 1 aliphatic carbocycles. The zero-order valence-electron chi connectivity index (χ0n) is 12.1. The molecule has 0 bridgehead atoms. The molecule has 0 aliphatic heterocycles. The van der Waals surface area contributed by atoms with Crippen LogP contribution in [0.3, 0.4) is 0 Å². The van der Waals surface area contributed by atoms with Crippen molar-refractivity contribution in [3.05, 3.63) is 35.1 Å². The van der Waals surface area contributed by atoms with E-state index in [0.29, 0.717) is 5.92 Å². The van der Waals surface area contributed by atoms with E-state index in [-0.39, 0.29) is 12.2 Å². The first kappa shape index (κ1) is 15.0. The van der Waals surface area contributed by atoms with Crippen LogP contribution in [-0.2, 0) is 0 Å². The number of hydrogen-bond acceptors (Lipinski definition) is 2. The van der Waals surface area contributed by atoms with E-state index in [1.807, 2.05) is 0 Å². The van der Waals surface area contributed by atoms with Crippen LogP contribution in [0, 0.1) is 18.7 Å². The van der Waals surface area contributed by atoms with Crippen molar-refractivity contribution in [1.29, 1.82) is 0 Å². The van der Waals surface area contributed by atoms with Crippen LogP contribution in [0.5, 0.6) is 0 Å². The van der Waals surface area contributed by atoms with Gasteiger partial charge in [0.15, 0.2) is 0 Å². The third kappa shape index (κ3) is 3.18. The molecule has 0 aromatic heterocycles. The lowest BCUT2D eigenvalue weighted by molar-refractivity contribution is 0.0713. The summed E-state index contributed by atoms with van der Waals surface area (Å²) in [4.78, 5) is 12.2. The van der Waals surface area contributed by atoms with Crippen LogP contribution >= 0.6 is 0 Å². The van der Waals surface area contributed by atoms with Crippen LogP contribution in [0.1, 0.15) is 48.5 Å². The van der Waals surface area contributed by atoms with Gasteiger partial charge in [-0.1, -0.05) is 13.0 Å². The van der Waals surface area contributed by atoms with Crippen molar-refractivity contribution in [1.82, 2.24) is 5.32 Å². The van der Waals surface area contributed by atoms with Crippen molar-refractivity contribution in [3.8, 4) is 0 Å². The van der Waals surface area contributed by atoms with Crippen LogP contribution in [0.2, 0.25) is 0 Å². The molecule has 1 aromatic rings. The van der Waals surface area contributed by atoms with Crippen LogP contribution in [0.15, 0.2) is 18.2 Å². The quantitative estimate of drug-likeness (QED) is 0.894. The number of rotatable bonds is 3. The van der Waals surface area contributed by atoms with Crippen molar-refractivity contribution in [2.45, 2.75) is 45.1 Å². The van der Waals surface area contributed by atoms with Crippen molar-refractivity contribution < 1.29 is 14.3 Å². The zero-order valence-corrected chi connectivity index (χ0v) is 12.1. The highest BCUT2D eigenvalue weighted by molar-refractivity contribution is 5.95. The number of halogens is 1. The third-order valence-corrected chi connectivity index (χ3v) is 4.28. The largest absolute Gasteiger partial charge is 0.394 e. The lowest BCUT2D eigenvalue weighted by Gasteiger charge is -2.38. The van der Waals surface area contributed by atoms with Gasteiger partial charge in [-0.05, 0) is 56.2 Å². The van der Waals surface area contributed by atoms with E-state index in [4.69, 9.17) is 0 Å². The molecule has 1 aliphatic rings. The number of aliphatic hydroxyl groups excluding tert-OH is 1. The van der Waals surface area contributed by atoms with Crippen LogP contribution < -0.4 is 5.32 Å². The molecule has 2 N–H and O–H groups in total. The molecule has 1 aromatic carbocycles. The minimum atomic E-state index is -0.596. The molecule has 4 heteroatoms. The summed E-state index contributed by atoms with van der Waals surface area (Å²) in [5, 5.41) is 12.5. The molecule has 110 valence electrons. The first-order chi connectivity index (χ1) is 9.46. The van der Waals surface area contributed by atoms with Gasteiger partial charge in [-0.15, -0.1) is 0 Å². The smallest absolute Gasteiger partial charge is 0.254 e. The first-order valence-corrected chi connectivity index (χ1v) is 7.15. The van der Waals surface area contributed by atoms with Crippen molar-refractivity contribution in [2.24, 2.45) is 5.92 Å². The molecular formula is C16H22FNO2. The summed E-state index contributed by atoms with van der Waals surface area (Å²) in [6.07, 6.45) is 3.42. The lowest BCUT2D eigenvalue weighted by atomic mass is 9.77. The molecule has 0 saturated heterocycles. The maximum atomic E-state index is 13.8. The molecule has 1 saturated carbocycles. The summed E-state index contributed by atoms with van der Waals surface area (Å²) < 4.78 is 13.8. The maximum Gasteiger partial charge on any atom is 0.254 e. The molecule has 1 fully saturated rings. The normalized spacial score (nSPS) is 26.3. The second-order valence-electron chi connectivity index (χ2n) is 6.06. The first-order valence-electron chi connectivity index (χ1n) is 7.15. The molecule has 0 unspecified atom stereocenters. The molecular weight excluding hydrogens is 257 g/mol. The summed E-state index contributed by atoms with van der Waals surface area (Å²) in [7, 11) is 0. The highest BCUT2D eigenvalue weighted by atomic mass is 19.1. The number of carbonyl (C=O) groups excluding carboxylic acids is 1. The molecule has 1 amide bonds. The molecule has 0 spiro atoms. The molecule has 0 radical (unpaired) electrons. The molecule has 0 heterocycles. The third-order valence-electron chi connectivity index (χ3n) is 4.28. The number of hydrogen-bond donors (Lipinski definition) is 2. The van der Waals surface area contributed by atoms with E-state index in [1.165, 1.54) is 12.1 Å². The minimum absolute atomic E-state index is 0.0436. The average Bonchev–Trinajstić information content (AvgIpc) is 2.41. The van der Waals surface area contributed by atoms with Gasteiger partial charge in [0, 0.05) is 0 Å². The topological polar surface area (TPSA) is 49.3 Å². The zero-order chi connectivity index (χ0) is 14.8. The Bertz CT molecular complexity index is 493. The Balaban J connectivity index is 2.13. The van der Waals surface area contributed by atoms with E-state index in [1.54, 1.807) is 13.0 Å². The van der Waals surface area contributed by atoms with Crippen molar-refractivity contribution >= 4 is 5.91 Å². The fourth-order valence-corrected chi connectivity index (χ4v) is 2.75. The number of aliphatic hydroxyl groups is 1. The van der Waals surface area contributed by atoms with Crippen LogP contribution in [0.4, 0.5) is 4.39 Å². The number of aryl methyl sites for hydroxylation is 1. The summed E-state index contributed by atoms with van der Waals surface area (Å²) >= 11 is 0. The highest BCUT2D eigenvalue weighted by Crippen LogP contribution is 2.32. The van der Waals surface area contributed by atoms with Gasteiger partial charge >= 0.3 is 0 Å². The fraction of sp³-hybridized carbons (Fsp3) is 0.562. The van der Waals surface area contributed by atoms with Gasteiger partial charge in [-0.3, -0.25) is 4.79 Å². The average molecular weight is 279 g/mol. The Kier molecular flexibility index (Phi) is 4.43. The monoisotopic (exact) mass is 279 g/mol. The molecule has 20 heavy (non-hydrogen) atoms. The van der Waals surface area contributed by atoms with Gasteiger partial charge < -0.3 is 10.4 Å². The summed E-state index contributed by atoms with van der Waals surface area (Å²) in [5.41, 5.74) is 0.227. The van der Waals surface area contributed by atoms with E-state index in [0.717, 1.165) is 31.2 Å². The summed E-state index contributed by atoms with van der Waals surface area (Å²) in [6, 6.07) is 4.56. The van der Waals surface area contributed by atoms with Gasteiger partial charge in [-0.25, -0.2) is 4.39 Å². The van der Waals surface area contributed by atoms with E-state index in [2.05, 4.69) is 12.2 Å². The number of benzene rings is 1. The predicted octanol–water partition coefficient (Wildman–Crippen LogP) is 2.81. The Morgan fingerprint density at radius 2 is 2.10 bits per heavy atom. The molecule has 3 nitrogen and oxygen atoms in total. The number of nitrogens with one attached hydrogen (secondary N) is 1. The Hall–Kier alpha value is -1.42. The highest BCUT2D eigenvalue weighted by Gasteiger charge is 2.35. The van der Waals surface area contributed by atoms with Crippen molar-refractivity contribution in [2.75, 3.05) is 6.61 Å². The number of amides is 1. The van der Waals surface area contributed by atoms with Crippen LogP contribution in [-0.4, -0.2) is 23.2 Å². The minimum Gasteiger partial charge on any atom is -0.394 e. The van der Waals surface area contributed by atoms with E-state index < -0.39 is 17.3 Å². The summed E-state index contributed by atoms with van der Waals surface area (Å²) in [5.74, 6) is -0.339. The van der Waals surface area contributed by atoms with E-state index >= 15 is 0 Å². The van der Waals surface area contributed by atoms with Gasteiger partial charge in [-0.2, -0.15) is 0 Å². The lowest BCUT2D eigenvalue weighted by Crippen LogP contribution is -2.53. The van der Waals surface area contributed by atoms with Gasteiger partial charge in [0.2, 0.25) is 0 Å². The second kappa shape index (κ2) is 5.92. The van der Waals surface area contributed by atoms with Gasteiger partial charge in [0.05, 0.1) is 17.7 Å². The summed E-state index contributed by atoms with van der Waals surface area (Å²) in [6.45, 7) is 3.85. The van der Waals surface area contributed by atoms with Gasteiger partial charge in [0.25, 0.3) is 5.91 Å². The van der Waals surface area contributed by atoms with Gasteiger partial charge in [0.1, 0.15) is 5.82 Å². The molecule has 0 atom stereocenters. The Morgan fingerprint density at radius 1 is 1.45 bits per heavy atom. The van der Waals surface area contributed by atoms with Crippen molar-refractivity contribution in [3.63, 3.8) is 0 Å².